The summed E-state index contributed by atoms with van der Waals surface area (Å²) in [5, 5.41) is 28.9. The number of rotatable bonds is 2. The van der Waals surface area contributed by atoms with Crippen molar-refractivity contribution >= 4 is 11.2 Å². The van der Waals surface area contributed by atoms with Crippen LogP contribution in [-0.2, 0) is 7.05 Å². The summed E-state index contributed by atoms with van der Waals surface area (Å²) in [4.78, 5) is 32.3. The summed E-state index contributed by atoms with van der Waals surface area (Å²) in [5.41, 5.74) is -0.175. The smallest absolute Gasteiger partial charge is 0.337 e. The number of benzene rings is 2. The van der Waals surface area contributed by atoms with E-state index in [1.807, 2.05) is 0 Å². The predicted molar refractivity (Wildman–Crippen MR) is 97.4 cm³/mol. The first-order chi connectivity index (χ1) is 12.9. The minimum absolute atomic E-state index is 0.0861. The lowest BCUT2D eigenvalue weighted by molar-refractivity contribution is 0.368. The Morgan fingerprint density at radius 1 is 1.00 bits per heavy atom. The van der Waals surface area contributed by atoms with Crippen LogP contribution < -0.4 is 11.2 Å². The molecule has 0 saturated heterocycles. The van der Waals surface area contributed by atoms with Crippen molar-refractivity contribution in [2.45, 2.75) is 0 Å². The fourth-order valence-corrected chi connectivity index (χ4v) is 2.86. The first-order valence-corrected chi connectivity index (χ1v) is 7.91. The number of hydrogen-bond donors (Lipinski definition) is 4. The maximum atomic E-state index is 12.7. The Kier molecular flexibility index (Phi) is 3.51. The van der Waals surface area contributed by atoms with Gasteiger partial charge in [-0.1, -0.05) is 18.2 Å². The largest absolute Gasteiger partial charge is 0.504 e. The average Bonchev–Trinajstić information content (AvgIpc) is 3.10. The maximum absolute atomic E-state index is 12.7. The quantitative estimate of drug-likeness (QED) is 0.394. The molecule has 0 atom stereocenters. The van der Waals surface area contributed by atoms with Crippen molar-refractivity contribution in [3.8, 4) is 34.3 Å². The second kappa shape index (κ2) is 5.77. The maximum Gasteiger partial charge on any atom is 0.337 e. The molecule has 9 nitrogen and oxygen atoms in total. The zero-order valence-corrected chi connectivity index (χ0v) is 14.0. The van der Waals surface area contributed by atoms with Crippen LogP contribution in [0.3, 0.4) is 0 Å². The van der Waals surface area contributed by atoms with Crippen molar-refractivity contribution in [2.75, 3.05) is 0 Å². The Labute approximate surface area is 151 Å². The summed E-state index contributed by atoms with van der Waals surface area (Å²) in [6.07, 6.45) is 0. The van der Waals surface area contributed by atoms with E-state index in [1.165, 1.54) is 23.7 Å². The Morgan fingerprint density at radius 3 is 2.26 bits per heavy atom. The lowest BCUT2D eigenvalue weighted by Gasteiger charge is -2.08. The van der Waals surface area contributed by atoms with Gasteiger partial charge in [0.05, 0.1) is 5.69 Å². The Bertz CT molecular complexity index is 1280. The molecule has 4 aromatic rings. The zero-order valence-electron chi connectivity index (χ0n) is 14.0. The number of hydrogen-bond acceptors (Lipinski definition) is 6. The third kappa shape index (κ3) is 2.44. The minimum Gasteiger partial charge on any atom is -0.504 e. The van der Waals surface area contributed by atoms with Gasteiger partial charge in [0.25, 0.3) is 5.56 Å². The van der Waals surface area contributed by atoms with Gasteiger partial charge in [-0.15, -0.1) is 0 Å². The van der Waals surface area contributed by atoms with Crippen molar-refractivity contribution in [1.29, 1.82) is 0 Å². The highest BCUT2D eigenvalue weighted by Crippen LogP contribution is 2.38. The molecule has 0 aliphatic heterocycles. The summed E-state index contributed by atoms with van der Waals surface area (Å²) < 4.78 is 2.25. The van der Waals surface area contributed by atoms with E-state index >= 15 is 0 Å². The number of aromatic hydroxyl groups is 3. The molecular weight excluding hydrogens is 352 g/mol. The van der Waals surface area contributed by atoms with Crippen LogP contribution >= 0.6 is 0 Å². The summed E-state index contributed by atoms with van der Waals surface area (Å²) in [6, 6.07) is 11.1. The number of imidazole rings is 1. The SMILES string of the molecule is Cn1c(=O)c2[nH]c(-c3cc(O)c(O)c(O)c3)nc2n(-c2ccccc2)c1=O. The highest BCUT2D eigenvalue weighted by atomic mass is 16.3. The number of fused-ring (bicyclic) bond motifs is 1. The molecule has 0 unspecified atom stereocenters. The van der Waals surface area contributed by atoms with E-state index < -0.39 is 28.5 Å². The van der Waals surface area contributed by atoms with E-state index in [1.54, 1.807) is 30.3 Å². The number of nitrogens with zero attached hydrogens (tertiary/aromatic N) is 3. The molecule has 2 heterocycles. The van der Waals surface area contributed by atoms with Crippen LogP contribution in [0, 0.1) is 0 Å². The number of aromatic nitrogens is 4. The Hall–Kier alpha value is -4.01. The minimum atomic E-state index is -0.660. The molecule has 0 spiro atoms. The van der Waals surface area contributed by atoms with Gasteiger partial charge in [-0.2, -0.15) is 0 Å². The fourth-order valence-electron chi connectivity index (χ4n) is 2.86. The molecule has 0 fully saturated rings. The molecule has 2 aromatic heterocycles. The summed E-state index contributed by atoms with van der Waals surface area (Å²) in [6.45, 7) is 0. The number of phenolic OH excluding ortho intramolecular Hbond substituents is 3. The molecule has 27 heavy (non-hydrogen) atoms. The van der Waals surface area contributed by atoms with Crippen LogP contribution in [0.5, 0.6) is 17.2 Å². The van der Waals surface area contributed by atoms with E-state index in [2.05, 4.69) is 9.97 Å². The van der Waals surface area contributed by atoms with Gasteiger partial charge in [0, 0.05) is 12.6 Å². The molecule has 0 radical (unpaired) electrons. The lowest BCUT2D eigenvalue weighted by atomic mass is 10.2. The number of aromatic amines is 1. The topological polar surface area (TPSA) is 133 Å². The Balaban J connectivity index is 2.07. The Morgan fingerprint density at radius 2 is 1.63 bits per heavy atom. The van der Waals surface area contributed by atoms with Crippen molar-refractivity contribution in [3.05, 3.63) is 63.3 Å². The van der Waals surface area contributed by atoms with Gasteiger partial charge in [0.1, 0.15) is 5.82 Å². The molecule has 0 aliphatic carbocycles. The van der Waals surface area contributed by atoms with Crippen molar-refractivity contribution in [1.82, 2.24) is 19.1 Å². The highest BCUT2D eigenvalue weighted by Gasteiger charge is 2.19. The molecule has 9 heteroatoms. The van der Waals surface area contributed by atoms with Crippen LogP contribution in [-0.4, -0.2) is 34.4 Å². The molecule has 0 amide bonds. The van der Waals surface area contributed by atoms with Gasteiger partial charge in [-0.3, -0.25) is 9.36 Å². The van der Waals surface area contributed by atoms with E-state index in [-0.39, 0.29) is 22.6 Å². The normalized spacial score (nSPS) is 11.1. The summed E-state index contributed by atoms with van der Waals surface area (Å²) in [7, 11) is 1.36. The zero-order chi connectivity index (χ0) is 19.3. The molecule has 136 valence electrons. The molecule has 0 aliphatic rings. The molecule has 2 aromatic carbocycles. The van der Waals surface area contributed by atoms with Crippen LogP contribution in [0.2, 0.25) is 0 Å². The van der Waals surface area contributed by atoms with Gasteiger partial charge in [0.15, 0.2) is 28.4 Å². The monoisotopic (exact) mass is 366 g/mol. The average molecular weight is 366 g/mol. The van der Waals surface area contributed by atoms with E-state index in [0.717, 1.165) is 4.57 Å². The van der Waals surface area contributed by atoms with Gasteiger partial charge in [-0.25, -0.2) is 14.3 Å². The van der Waals surface area contributed by atoms with Crippen LogP contribution in [0.4, 0.5) is 0 Å². The van der Waals surface area contributed by atoms with Gasteiger partial charge >= 0.3 is 5.69 Å². The number of H-pyrrole nitrogens is 1. The third-order valence-corrected chi connectivity index (χ3v) is 4.25. The standard InChI is InChI=1S/C18H14N4O5/c1-21-17(26)13-16(22(18(21)27)10-5-3-2-4-6-10)20-15(19-13)9-7-11(23)14(25)12(24)8-9/h2-8,23-25H,1H3,(H,19,20). The number of phenols is 3. The number of nitrogens with one attached hydrogen (secondary N) is 1. The molecule has 0 bridgehead atoms. The highest BCUT2D eigenvalue weighted by molar-refractivity contribution is 5.78. The predicted octanol–water partition coefficient (Wildman–Crippen LogP) is 1.20. The molecule has 0 saturated carbocycles. The summed E-state index contributed by atoms with van der Waals surface area (Å²) in [5.74, 6) is -1.60. The van der Waals surface area contributed by atoms with Gasteiger partial charge in [0.2, 0.25) is 0 Å². The number of para-hydroxylation sites is 1. The molecular formula is C18H14N4O5. The fraction of sp³-hybridized carbons (Fsp3) is 0.0556. The molecule has 4 rings (SSSR count). The molecule has 4 N–H and O–H groups in total. The first-order valence-electron chi connectivity index (χ1n) is 7.91. The van der Waals surface area contributed by atoms with E-state index in [9.17, 15) is 24.9 Å². The van der Waals surface area contributed by atoms with Crippen LogP contribution in [0.25, 0.3) is 28.2 Å². The van der Waals surface area contributed by atoms with Crippen molar-refractivity contribution < 1.29 is 15.3 Å². The van der Waals surface area contributed by atoms with Gasteiger partial charge in [-0.05, 0) is 24.3 Å². The lowest BCUT2D eigenvalue weighted by Crippen LogP contribution is -2.37. The van der Waals surface area contributed by atoms with Crippen molar-refractivity contribution in [2.24, 2.45) is 7.05 Å². The van der Waals surface area contributed by atoms with Gasteiger partial charge < -0.3 is 20.3 Å². The van der Waals surface area contributed by atoms with Crippen LogP contribution in [0.1, 0.15) is 0 Å². The van der Waals surface area contributed by atoms with E-state index in [0.29, 0.717) is 5.69 Å². The van der Waals surface area contributed by atoms with Crippen molar-refractivity contribution in [3.63, 3.8) is 0 Å². The van der Waals surface area contributed by atoms with E-state index in [4.69, 9.17) is 0 Å². The van der Waals surface area contributed by atoms with Crippen LogP contribution in [0.15, 0.2) is 52.1 Å². The second-order valence-corrected chi connectivity index (χ2v) is 5.96. The second-order valence-electron chi connectivity index (χ2n) is 5.96. The first kappa shape index (κ1) is 16.5. The third-order valence-electron chi connectivity index (χ3n) is 4.25. The summed E-state index contributed by atoms with van der Waals surface area (Å²) >= 11 is 0.